The van der Waals surface area contributed by atoms with Crippen LogP contribution in [0.3, 0.4) is 0 Å². The highest BCUT2D eigenvalue weighted by Gasteiger charge is 2.05. The van der Waals surface area contributed by atoms with Gasteiger partial charge in [0.2, 0.25) is 0 Å². The smallest absolute Gasteiger partial charge is 0.128 e. The summed E-state index contributed by atoms with van der Waals surface area (Å²) in [5.74, 6) is 1.02. The van der Waals surface area contributed by atoms with Crippen LogP contribution in [0, 0.1) is 6.92 Å². The van der Waals surface area contributed by atoms with Crippen LogP contribution in [0.25, 0.3) is 0 Å². The summed E-state index contributed by atoms with van der Waals surface area (Å²) in [5.41, 5.74) is 3.71. The number of nitrogens with zero attached hydrogens (tertiary/aromatic N) is 2. The molecule has 1 heterocycles. The second-order valence-corrected chi connectivity index (χ2v) is 5.51. The number of anilines is 1. The number of aromatic nitrogens is 1. The molecule has 0 amide bonds. The zero-order valence-corrected chi connectivity index (χ0v) is 13.3. The Kier molecular flexibility index (Phi) is 5.76. The average Bonchev–Trinajstić information content (AvgIpc) is 2.48. The Bertz CT molecular complexity index is 566. The van der Waals surface area contributed by atoms with E-state index in [-0.39, 0.29) is 0 Å². The third-order valence-electron chi connectivity index (χ3n) is 3.42. The van der Waals surface area contributed by atoms with E-state index in [0.29, 0.717) is 0 Å². The highest BCUT2D eigenvalue weighted by molar-refractivity contribution is 5.39. The number of aryl methyl sites for hydroxylation is 1. The molecule has 0 bridgehead atoms. The predicted molar refractivity (Wildman–Crippen MR) is 89.5 cm³/mol. The zero-order chi connectivity index (χ0) is 15.1. The first-order chi connectivity index (χ1) is 10.2. The molecule has 0 saturated heterocycles. The third-order valence-corrected chi connectivity index (χ3v) is 3.42. The van der Waals surface area contributed by atoms with Crippen LogP contribution in [0.4, 0.5) is 5.82 Å². The summed E-state index contributed by atoms with van der Waals surface area (Å²) in [7, 11) is 2.09. The van der Waals surface area contributed by atoms with E-state index in [2.05, 4.69) is 73.6 Å². The molecule has 21 heavy (non-hydrogen) atoms. The Morgan fingerprint density at radius 1 is 1.14 bits per heavy atom. The first kappa shape index (κ1) is 15.5. The molecule has 1 aromatic heterocycles. The van der Waals surface area contributed by atoms with Gasteiger partial charge in [0.1, 0.15) is 5.82 Å². The molecule has 0 saturated carbocycles. The van der Waals surface area contributed by atoms with Crippen molar-refractivity contribution in [3.8, 4) is 0 Å². The summed E-state index contributed by atoms with van der Waals surface area (Å²) < 4.78 is 0. The average molecular weight is 283 g/mol. The van der Waals surface area contributed by atoms with E-state index in [4.69, 9.17) is 4.98 Å². The van der Waals surface area contributed by atoms with Crippen molar-refractivity contribution in [3.05, 3.63) is 59.3 Å². The van der Waals surface area contributed by atoms with Crippen LogP contribution in [0.15, 0.2) is 42.5 Å². The Balaban J connectivity index is 2.01. The lowest BCUT2D eigenvalue weighted by Gasteiger charge is -2.19. The number of hydrogen-bond donors (Lipinski definition) is 1. The topological polar surface area (TPSA) is 28.2 Å². The number of pyridine rings is 1. The minimum Gasteiger partial charge on any atom is -0.355 e. The molecule has 0 aliphatic rings. The van der Waals surface area contributed by atoms with Crippen LogP contribution in [0.5, 0.6) is 0 Å². The second-order valence-electron chi connectivity index (χ2n) is 5.51. The van der Waals surface area contributed by atoms with Gasteiger partial charge in [-0.05, 0) is 37.6 Å². The molecule has 1 aromatic carbocycles. The molecule has 112 valence electrons. The molecule has 0 atom stereocenters. The monoisotopic (exact) mass is 283 g/mol. The van der Waals surface area contributed by atoms with Crippen molar-refractivity contribution in [3.63, 3.8) is 0 Å². The van der Waals surface area contributed by atoms with E-state index in [0.717, 1.165) is 37.6 Å². The van der Waals surface area contributed by atoms with E-state index in [1.54, 1.807) is 0 Å². The van der Waals surface area contributed by atoms with Gasteiger partial charge in [0.25, 0.3) is 0 Å². The molecule has 0 radical (unpaired) electrons. The molecular weight excluding hydrogens is 258 g/mol. The quantitative estimate of drug-likeness (QED) is 0.788. The molecule has 0 aliphatic heterocycles. The molecule has 1 N–H and O–H groups in total. The second kappa shape index (κ2) is 7.79. The van der Waals surface area contributed by atoms with Crippen LogP contribution in [-0.2, 0) is 13.1 Å². The summed E-state index contributed by atoms with van der Waals surface area (Å²) in [6, 6.07) is 14.8. The van der Waals surface area contributed by atoms with Gasteiger partial charge in [0.05, 0.1) is 5.69 Å². The van der Waals surface area contributed by atoms with Crippen molar-refractivity contribution in [1.29, 1.82) is 0 Å². The van der Waals surface area contributed by atoms with Crippen LogP contribution in [0.1, 0.15) is 30.2 Å². The standard InChI is InChI=1S/C18H25N3/c1-4-11-19-13-17-9-6-10-18(20-17)21(3)14-16-8-5-7-15(2)12-16/h5-10,12,19H,4,11,13-14H2,1-3H3. The molecule has 0 unspecified atom stereocenters. The molecule has 2 rings (SSSR count). The summed E-state index contributed by atoms with van der Waals surface area (Å²) in [4.78, 5) is 6.92. The Morgan fingerprint density at radius 2 is 1.95 bits per heavy atom. The third kappa shape index (κ3) is 4.87. The van der Waals surface area contributed by atoms with E-state index in [9.17, 15) is 0 Å². The number of benzene rings is 1. The van der Waals surface area contributed by atoms with Gasteiger partial charge >= 0.3 is 0 Å². The fourth-order valence-corrected chi connectivity index (χ4v) is 2.34. The lowest BCUT2D eigenvalue weighted by molar-refractivity contribution is 0.663. The minimum atomic E-state index is 0.833. The minimum absolute atomic E-state index is 0.833. The molecule has 3 nitrogen and oxygen atoms in total. The van der Waals surface area contributed by atoms with Gasteiger partial charge in [-0.25, -0.2) is 4.98 Å². The van der Waals surface area contributed by atoms with Crippen LogP contribution in [-0.4, -0.2) is 18.6 Å². The zero-order valence-electron chi connectivity index (χ0n) is 13.3. The highest BCUT2D eigenvalue weighted by Crippen LogP contribution is 2.14. The van der Waals surface area contributed by atoms with Gasteiger partial charge in [-0.2, -0.15) is 0 Å². The van der Waals surface area contributed by atoms with Crippen molar-refractivity contribution < 1.29 is 0 Å². The SMILES string of the molecule is CCCNCc1cccc(N(C)Cc2cccc(C)c2)n1. The summed E-state index contributed by atoms with van der Waals surface area (Å²) >= 11 is 0. The van der Waals surface area contributed by atoms with Crippen molar-refractivity contribution in [2.75, 3.05) is 18.5 Å². The van der Waals surface area contributed by atoms with Crippen LogP contribution >= 0.6 is 0 Å². The summed E-state index contributed by atoms with van der Waals surface area (Å²) in [6.45, 7) is 7.04. The normalized spacial score (nSPS) is 10.6. The molecular formula is C18H25N3. The van der Waals surface area contributed by atoms with E-state index < -0.39 is 0 Å². The predicted octanol–water partition coefficient (Wildman–Crippen LogP) is 3.53. The highest BCUT2D eigenvalue weighted by atomic mass is 15.2. The van der Waals surface area contributed by atoms with E-state index >= 15 is 0 Å². The van der Waals surface area contributed by atoms with Gasteiger partial charge < -0.3 is 10.2 Å². The van der Waals surface area contributed by atoms with Gasteiger partial charge in [-0.1, -0.05) is 42.8 Å². The summed E-state index contributed by atoms with van der Waals surface area (Å²) in [6.07, 6.45) is 1.15. The van der Waals surface area contributed by atoms with Crippen molar-refractivity contribution in [2.45, 2.75) is 33.4 Å². The van der Waals surface area contributed by atoms with E-state index in [1.165, 1.54) is 11.1 Å². The lowest BCUT2D eigenvalue weighted by atomic mass is 10.1. The molecule has 3 heteroatoms. The Morgan fingerprint density at radius 3 is 2.71 bits per heavy atom. The maximum atomic E-state index is 4.73. The first-order valence-electron chi connectivity index (χ1n) is 7.62. The van der Waals surface area contributed by atoms with Crippen LogP contribution < -0.4 is 10.2 Å². The number of hydrogen-bond acceptors (Lipinski definition) is 3. The van der Waals surface area contributed by atoms with Crippen molar-refractivity contribution >= 4 is 5.82 Å². The Hall–Kier alpha value is -1.87. The van der Waals surface area contributed by atoms with Crippen molar-refractivity contribution in [2.24, 2.45) is 0 Å². The number of rotatable bonds is 7. The first-order valence-corrected chi connectivity index (χ1v) is 7.62. The molecule has 2 aromatic rings. The van der Waals surface area contributed by atoms with Gasteiger partial charge in [-0.3, -0.25) is 0 Å². The van der Waals surface area contributed by atoms with Gasteiger partial charge in [-0.15, -0.1) is 0 Å². The molecule has 0 fully saturated rings. The maximum absolute atomic E-state index is 4.73. The van der Waals surface area contributed by atoms with Crippen LogP contribution in [0.2, 0.25) is 0 Å². The summed E-state index contributed by atoms with van der Waals surface area (Å²) in [5, 5.41) is 3.39. The molecule has 0 spiro atoms. The fourth-order valence-electron chi connectivity index (χ4n) is 2.34. The lowest BCUT2D eigenvalue weighted by Crippen LogP contribution is -2.19. The van der Waals surface area contributed by atoms with E-state index in [1.807, 2.05) is 0 Å². The van der Waals surface area contributed by atoms with Gasteiger partial charge in [0.15, 0.2) is 0 Å². The fraction of sp³-hybridized carbons (Fsp3) is 0.389. The van der Waals surface area contributed by atoms with Gasteiger partial charge in [0, 0.05) is 20.1 Å². The van der Waals surface area contributed by atoms with Crippen molar-refractivity contribution in [1.82, 2.24) is 10.3 Å². The maximum Gasteiger partial charge on any atom is 0.128 e. The number of nitrogens with one attached hydrogen (secondary N) is 1. The Labute approximate surface area is 128 Å². The molecule has 0 aliphatic carbocycles. The largest absolute Gasteiger partial charge is 0.355 e.